The lowest BCUT2D eigenvalue weighted by atomic mass is 9.90. The predicted molar refractivity (Wildman–Crippen MR) is 89.0 cm³/mol. The molecule has 120 valence electrons. The first-order chi connectivity index (χ1) is 11.2. The lowest BCUT2D eigenvalue weighted by Crippen LogP contribution is -2.15. The van der Waals surface area contributed by atoms with Gasteiger partial charge in [0.25, 0.3) is 0 Å². The van der Waals surface area contributed by atoms with Gasteiger partial charge in [0.05, 0.1) is 14.2 Å². The Morgan fingerprint density at radius 1 is 0.913 bits per heavy atom. The van der Waals surface area contributed by atoms with E-state index in [4.69, 9.17) is 18.9 Å². The summed E-state index contributed by atoms with van der Waals surface area (Å²) in [6.45, 7) is 5.14. The Morgan fingerprint density at radius 2 is 1.57 bits per heavy atom. The number of rotatable bonds is 5. The van der Waals surface area contributed by atoms with Crippen LogP contribution < -0.4 is 18.9 Å². The van der Waals surface area contributed by atoms with Crippen molar-refractivity contribution >= 4 is 0 Å². The molecule has 1 heterocycles. The topological polar surface area (TPSA) is 36.9 Å². The Hall–Kier alpha value is -2.62. The molecule has 1 atom stereocenters. The van der Waals surface area contributed by atoms with Crippen molar-refractivity contribution in [1.29, 1.82) is 0 Å². The van der Waals surface area contributed by atoms with E-state index in [2.05, 4.69) is 6.58 Å². The molecule has 1 unspecified atom stereocenters. The normalized spacial score (nSPS) is 14.0. The summed E-state index contributed by atoms with van der Waals surface area (Å²) in [7, 11) is 3.29. The minimum atomic E-state index is 0.00910. The summed E-state index contributed by atoms with van der Waals surface area (Å²) in [4.78, 5) is 0. The molecular formula is C19H20O4. The van der Waals surface area contributed by atoms with Crippen LogP contribution in [0.3, 0.4) is 0 Å². The minimum absolute atomic E-state index is 0.00910. The number of benzene rings is 2. The molecule has 0 N–H and O–H groups in total. The summed E-state index contributed by atoms with van der Waals surface area (Å²) >= 11 is 0. The van der Waals surface area contributed by atoms with Gasteiger partial charge in [-0.05, 0) is 35.4 Å². The van der Waals surface area contributed by atoms with Crippen LogP contribution in [0.5, 0.6) is 23.0 Å². The van der Waals surface area contributed by atoms with Crippen molar-refractivity contribution in [2.24, 2.45) is 0 Å². The van der Waals surface area contributed by atoms with Crippen molar-refractivity contribution in [2.45, 2.75) is 5.92 Å². The van der Waals surface area contributed by atoms with Gasteiger partial charge in [-0.2, -0.15) is 0 Å². The van der Waals surface area contributed by atoms with Crippen molar-refractivity contribution in [1.82, 2.24) is 0 Å². The van der Waals surface area contributed by atoms with Crippen LogP contribution >= 0.6 is 0 Å². The summed E-state index contributed by atoms with van der Waals surface area (Å²) in [6, 6.07) is 11.8. The Balaban J connectivity index is 2.01. The van der Waals surface area contributed by atoms with Crippen LogP contribution in [0, 0.1) is 0 Å². The molecule has 0 saturated heterocycles. The molecule has 1 aliphatic heterocycles. The van der Waals surface area contributed by atoms with Crippen LogP contribution in [0.15, 0.2) is 49.1 Å². The first-order valence-corrected chi connectivity index (χ1v) is 7.50. The fraction of sp³-hybridized carbons (Fsp3) is 0.263. The van der Waals surface area contributed by atoms with E-state index >= 15 is 0 Å². The first-order valence-electron chi connectivity index (χ1n) is 7.50. The van der Waals surface area contributed by atoms with Gasteiger partial charge in [-0.25, -0.2) is 0 Å². The Morgan fingerprint density at radius 3 is 2.17 bits per heavy atom. The third-order valence-electron chi connectivity index (χ3n) is 3.89. The molecule has 4 nitrogen and oxygen atoms in total. The van der Waals surface area contributed by atoms with Gasteiger partial charge in [0.2, 0.25) is 0 Å². The maximum atomic E-state index is 5.68. The van der Waals surface area contributed by atoms with Crippen molar-refractivity contribution in [3.8, 4) is 23.0 Å². The van der Waals surface area contributed by atoms with E-state index in [9.17, 15) is 0 Å². The molecule has 0 radical (unpaired) electrons. The molecule has 0 fully saturated rings. The summed E-state index contributed by atoms with van der Waals surface area (Å²) in [5.74, 6) is 3.07. The second-order valence-corrected chi connectivity index (χ2v) is 5.26. The van der Waals surface area contributed by atoms with E-state index in [-0.39, 0.29) is 5.92 Å². The molecule has 2 aromatic carbocycles. The van der Waals surface area contributed by atoms with E-state index in [0.717, 1.165) is 34.1 Å². The number of methoxy groups -OCH3 is 2. The number of hydrogen-bond acceptors (Lipinski definition) is 4. The van der Waals surface area contributed by atoms with Gasteiger partial charge >= 0.3 is 0 Å². The molecule has 23 heavy (non-hydrogen) atoms. The van der Waals surface area contributed by atoms with Crippen LogP contribution in [0.1, 0.15) is 17.0 Å². The van der Waals surface area contributed by atoms with Gasteiger partial charge in [0.15, 0.2) is 11.5 Å². The molecule has 0 saturated carbocycles. The predicted octanol–water partition coefficient (Wildman–Crippen LogP) is 3.79. The number of allylic oxidation sites excluding steroid dienone is 1. The highest BCUT2D eigenvalue weighted by Crippen LogP contribution is 2.37. The molecule has 0 spiro atoms. The fourth-order valence-corrected chi connectivity index (χ4v) is 2.73. The minimum Gasteiger partial charge on any atom is -0.497 e. The lowest BCUT2D eigenvalue weighted by molar-refractivity contribution is 0.171. The molecule has 3 rings (SSSR count). The number of hydrogen-bond donors (Lipinski definition) is 0. The largest absolute Gasteiger partial charge is 0.497 e. The quantitative estimate of drug-likeness (QED) is 0.787. The Labute approximate surface area is 136 Å². The maximum absolute atomic E-state index is 5.68. The Bertz CT molecular complexity index is 686. The summed E-state index contributed by atoms with van der Waals surface area (Å²) in [5.41, 5.74) is 2.13. The maximum Gasteiger partial charge on any atom is 0.161 e. The van der Waals surface area contributed by atoms with Crippen LogP contribution in [-0.2, 0) is 0 Å². The highest BCUT2D eigenvalue weighted by Gasteiger charge is 2.18. The number of ether oxygens (including phenoxy) is 4. The third-order valence-corrected chi connectivity index (χ3v) is 3.89. The molecule has 0 aromatic heterocycles. The van der Waals surface area contributed by atoms with Crippen LogP contribution in [0.2, 0.25) is 0 Å². The average molecular weight is 312 g/mol. The van der Waals surface area contributed by atoms with Crippen LogP contribution in [0.4, 0.5) is 0 Å². The highest BCUT2D eigenvalue weighted by molar-refractivity contribution is 5.50. The monoisotopic (exact) mass is 312 g/mol. The van der Waals surface area contributed by atoms with Gasteiger partial charge in [-0.3, -0.25) is 0 Å². The van der Waals surface area contributed by atoms with E-state index in [1.807, 2.05) is 42.5 Å². The highest BCUT2D eigenvalue weighted by atomic mass is 16.6. The molecule has 0 amide bonds. The second-order valence-electron chi connectivity index (χ2n) is 5.26. The zero-order chi connectivity index (χ0) is 16.2. The summed E-state index contributed by atoms with van der Waals surface area (Å²) in [6.07, 6.45) is 1.90. The van der Waals surface area contributed by atoms with Gasteiger partial charge in [0.1, 0.15) is 24.7 Å². The van der Waals surface area contributed by atoms with E-state index in [1.165, 1.54) is 0 Å². The van der Waals surface area contributed by atoms with Crippen molar-refractivity contribution in [3.05, 3.63) is 60.2 Å². The van der Waals surface area contributed by atoms with E-state index < -0.39 is 0 Å². The molecule has 4 heteroatoms. The van der Waals surface area contributed by atoms with Gasteiger partial charge in [0, 0.05) is 12.0 Å². The fourth-order valence-electron chi connectivity index (χ4n) is 2.73. The smallest absolute Gasteiger partial charge is 0.161 e. The van der Waals surface area contributed by atoms with E-state index in [1.54, 1.807) is 14.2 Å². The van der Waals surface area contributed by atoms with Gasteiger partial charge in [-0.1, -0.05) is 12.1 Å². The first kappa shape index (κ1) is 15.3. The molecule has 0 bridgehead atoms. The second kappa shape index (κ2) is 6.65. The number of fused-ring (bicyclic) bond motifs is 1. The SMILES string of the molecule is C=CC(c1cc(OC)cc(OC)c1)c1ccc2c(c1)OCCO2. The van der Waals surface area contributed by atoms with Crippen LogP contribution in [-0.4, -0.2) is 27.4 Å². The molecule has 1 aliphatic rings. The zero-order valence-electron chi connectivity index (χ0n) is 13.4. The van der Waals surface area contributed by atoms with Crippen molar-refractivity contribution in [2.75, 3.05) is 27.4 Å². The molecule has 2 aromatic rings. The summed E-state index contributed by atoms with van der Waals surface area (Å²) in [5, 5.41) is 0. The Kier molecular flexibility index (Phi) is 4.42. The van der Waals surface area contributed by atoms with Crippen molar-refractivity contribution in [3.63, 3.8) is 0 Å². The lowest BCUT2D eigenvalue weighted by Gasteiger charge is -2.21. The standard InChI is InChI=1S/C19H20O4/c1-4-17(14-9-15(20-2)12-16(10-14)21-3)13-5-6-18-19(11-13)23-8-7-22-18/h4-6,9-12,17H,1,7-8H2,2-3H3. The van der Waals surface area contributed by atoms with Crippen molar-refractivity contribution < 1.29 is 18.9 Å². The molecule has 0 aliphatic carbocycles. The summed E-state index contributed by atoms with van der Waals surface area (Å²) < 4.78 is 22.0. The third kappa shape index (κ3) is 3.11. The van der Waals surface area contributed by atoms with Gasteiger partial charge < -0.3 is 18.9 Å². The molecular weight excluding hydrogens is 292 g/mol. The average Bonchev–Trinajstić information content (AvgIpc) is 2.62. The van der Waals surface area contributed by atoms with E-state index in [0.29, 0.717) is 13.2 Å². The zero-order valence-corrected chi connectivity index (χ0v) is 13.4. The van der Waals surface area contributed by atoms with Gasteiger partial charge in [-0.15, -0.1) is 6.58 Å². The van der Waals surface area contributed by atoms with Crippen LogP contribution in [0.25, 0.3) is 0 Å².